The highest BCUT2D eigenvalue weighted by Crippen LogP contribution is 2.40. The van der Waals surface area contributed by atoms with Crippen LogP contribution < -0.4 is 15.8 Å². The highest BCUT2D eigenvalue weighted by atomic mass is 16.5. The molecular weight excluding hydrogens is 318 g/mol. The van der Waals surface area contributed by atoms with E-state index in [-0.39, 0.29) is 13.0 Å². The number of nitrogens with two attached hydrogens (primary N) is 1. The van der Waals surface area contributed by atoms with Gasteiger partial charge in [-0.1, -0.05) is 18.2 Å². The van der Waals surface area contributed by atoms with E-state index in [0.717, 1.165) is 4.90 Å². The Balaban J connectivity index is 1.83. The van der Waals surface area contributed by atoms with Crippen molar-refractivity contribution >= 4 is 23.8 Å². The third-order valence-electron chi connectivity index (χ3n) is 3.92. The molecule has 2 aliphatic heterocycles. The number of primary amides is 1. The van der Waals surface area contributed by atoms with E-state index < -0.39 is 42.5 Å². The van der Waals surface area contributed by atoms with Crippen molar-refractivity contribution < 1.29 is 28.7 Å². The molecule has 24 heavy (non-hydrogen) atoms. The zero-order valence-electron chi connectivity index (χ0n) is 12.6. The number of urea groups is 1. The average molecular weight is 333 g/mol. The number of amides is 4. The predicted molar refractivity (Wildman–Crippen MR) is 78.6 cm³/mol. The van der Waals surface area contributed by atoms with Gasteiger partial charge < -0.3 is 20.5 Å². The number of hydrogen-bond donors (Lipinski definition) is 2. The van der Waals surface area contributed by atoms with E-state index in [0.29, 0.717) is 11.3 Å². The number of nitrogens with zero attached hydrogens (tertiary/aromatic N) is 1. The van der Waals surface area contributed by atoms with Gasteiger partial charge in [0.25, 0.3) is 11.8 Å². The first kappa shape index (κ1) is 15.8. The van der Waals surface area contributed by atoms with Gasteiger partial charge in [0.2, 0.25) is 0 Å². The van der Waals surface area contributed by atoms with Crippen molar-refractivity contribution in [3.8, 4) is 5.75 Å². The molecule has 0 aliphatic carbocycles. The van der Waals surface area contributed by atoms with Gasteiger partial charge in [0, 0.05) is 12.0 Å². The fourth-order valence-electron chi connectivity index (χ4n) is 2.84. The molecule has 9 heteroatoms. The molecule has 3 N–H and O–H groups in total. The van der Waals surface area contributed by atoms with E-state index in [4.69, 9.17) is 10.5 Å². The first-order chi connectivity index (χ1) is 11.4. The maximum absolute atomic E-state index is 12.8. The number of fused-ring (bicyclic) bond motifs is 2. The molecule has 2 heterocycles. The van der Waals surface area contributed by atoms with Crippen molar-refractivity contribution in [2.24, 2.45) is 5.73 Å². The maximum Gasteiger partial charge on any atom is 0.326 e. The molecule has 3 rings (SSSR count). The number of carbonyl (C=O) groups is 4. The molecule has 0 radical (unpaired) electrons. The molecule has 0 aromatic heterocycles. The van der Waals surface area contributed by atoms with Gasteiger partial charge in [-0.3, -0.25) is 19.3 Å². The molecule has 1 fully saturated rings. The van der Waals surface area contributed by atoms with Crippen LogP contribution in [0.2, 0.25) is 0 Å². The lowest BCUT2D eigenvalue weighted by atomic mass is 9.84. The second kappa shape index (κ2) is 5.84. The monoisotopic (exact) mass is 333 g/mol. The third-order valence-corrected chi connectivity index (χ3v) is 3.92. The van der Waals surface area contributed by atoms with Crippen LogP contribution in [0.15, 0.2) is 24.3 Å². The Kier molecular flexibility index (Phi) is 3.84. The van der Waals surface area contributed by atoms with Crippen LogP contribution in [0.4, 0.5) is 4.79 Å². The van der Waals surface area contributed by atoms with Crippen LogP contribution in [-0.4, -0.2) is 48.5 Å². The Hall–Kier alpha value is -3.10. The smallest absolute Gasteiger partial charge is 0.326 e. The Morgan fingerprint density at radius 3 is 2.83 bits per heavy atom. The van der Waals surface area contributed by atoms with Gasteiger partial charge in [-0.2, -0.15) is 0 Å². The molecule has 1 saturated heterocycles. The molecule has 1 aromatic carbocycles. The van der Waals surface area contributed by atoms with Gasteiger partial charge in [-0.05, 0) is 6.07 Å². The van der Waals surface area contributed by atoms with Crippen LogP contribution in [0.1, 0.15) is 12.0 Å². The van der Waals surface area contributed by atoms with Gasteiger partial charge >= 0.3 is 12.0 Å². The molecular formula is C15H15N3O6. The standard InChI is InChI=1S/C15H15N3O6/c16-11(19)8-24-12(20)7-18-13(21)15(17-14(18)22)5-6-23-10-4-2-1-3-9(10)15/h1-4H,5-8H2,(H2,16,19)(H,17,22)/t15-/m1/s1. The lowest BCUT2D eigenvalue weighted by Crippen LogP contribution is -2.47. The van der Waals surface area contributed by atoms with E-state index >= 15 is 0 Å². The Labute approximate surface area is 136 Å². The Morgan fingerprint density at radius 2 is 2.08 bits per heavy atom. The zero-order chi connectivity index (χ0) is 17.3. The van der Waals surface area contributed by atoms with Crippen LogP contribution in [0, 0.1) is 0 Å². The summed E-state index contributed by atoms with van der Waals surface area (Å²) in [7, 11) is 0. The van der Waals surface area contributed by atoms with E-state index in [9.17, 15) is 19.2 Å². The number of nitrogens with one attached hydrogen (secondary N) is 1. The summed E-state index contributed by atoms with van der Waals surface area (Å²) >= 11 is 0. The quantitative estimate of drug-likeness (QED) is 0.551. The number of ether oxygens (including phenoxy) is 2. The summed E-state index contributed by atoms with van der Waals surface area (Å²) in [5.41, 5.74) is 4.17. The number of para-hydroxylation sites is 1. The van der Waals surface area contributed by atoms with Gasteiger partial charge in [-0.25, -0.2) is 4.79 Å². The van der Waals surface area contributed by atoms with Crippen molar-refractivity contribution in [3.05, 3.63) is 29.8 Å². The second-order valence-corrected chi connectivity index (χ2v) is 5.45. The van der Waals surface area contributed by atoms with Gasteiger partial charge in [0.1, 0.15) is 12.3 Å². The lowest BCUT2D eigenvalue weighted by Gasteiger charge is -2.33. The zero-order valence-corrected chi connectivity index (χ0v) is 12.6. The van der Waals surface area contributed by atoms with E-state index in [2.05, 4.69) is 10.1 Å². The first-order valence-electron chi connectivity index (χ1n) is 7.24. The number of esters is 1. The number of hydrogen-bond acceptors (Lipinski definition) is 6. The Bertz CT molecular complexity index is 734. The normalized spacial score (nSPS) is 21.9. The summed E-state index contributed by atoms with van der Waals surface area (Å²) in [5.74, 6) is -1.76. The number of rotatable bonds is 4. The number of benzene rings is 1. The molecule has 1 spiro atoms. The van der Waals surface area contributed by atoms with Crippen molar-refractivity contribution in [2.45, 2.75) is 12.0 Å². The molecule has 4 amide bonds. The number of carbonyl (C=O) groups excluding carboxylic acids is 4. The molecule has 0 bridgehead atoms. The van der Waals surface area contributed by atoms with Crippen LogP contribution in [0.25, 0.3) is 0 Å². The maximum atomic E-state index is 12.8. The summed E-state index contributed by atoms with van der Waals surface area (Å²) in [6.45, 7) is -0.948. The topological polar surface area (TPSA) is 128 Å². The highest BCUT2D eigenvalue weighted by molar-refractivity contribution is 6.09. The van der Waals surface area contributed by atoms with E-state index in [1.807, 2.05) is 0 Å². The van der Waals surface area contributed by atoms with Crippen molar-refractivity contribution in [1.82, 2.24) is 10.2 Å². The molecule has 126 valence electrons. The van der Waals surface area contributed by atoms with Gasteiger partial charge in [0.15, 0.2) is 12.1 Å². The minimum Gasteiger partial charge on any atom is -0.493 e. The first-order valence-corrected chi connectivity index (χ1v) is 7.24. The SMILES string of the molecule is NC(=O)COC(=O)CN1C(=O)N[C@@]2(CCOc3ccccc32)C1=O. The Morgan fingerprint density at radius 1 is 1.33 bits per heavy atom. The fourth-order valence-corrected chi connectivity index (χ4v) is 2.84. The minimum atomic E-state index is -1.25. The summed E-state index contributed by atoms with van der Waals surface area (Å²) < 4.78 is 10.1. The summed E-state index contributed by atoms with van der Waals surface area (Å²) in [5, 5.41) is 2.65. The third kappa shape index (κ3) is 2.53. The predicted octanol–water partition coefficient (Wildman–Crippen LogP) is -0.755. The van der Waals surface area contributed by atoms with Crippen molar-refractivity contribution in [1.29, 1.82) is 0 Å². The fraction of sp³-hybridized carbons (Fsp3) is 0.333. The van der Waals surface area contributed by atoms with Crippen molar-refractivity contribution in [3.63, 3.8) is 0 Å². The van der Waals surface area contributed by atoms with Crippen LogP contribution in [0.5, 0.6) is 5.75 Å². The summed E-state index contributed by atoms with van der Waals surface area (Å²) in [6.07, 6.45) is 0.251. The molecule has 0 saturated carbocycles. The largest absolute Gasteiger partial charge is 0.493 e. The summed E-state index contributed by atoms with van der Waals surface area (Å²) in [6, 6.07) is 6.20. The lowest BCUT2D eigenvalue weighted by molar-refractivity contribution is -0.150. The van der Waals surface area contributed by atoms with Crippen molar-refractivity contribution in [2.75, 3.05) is 19.8 Å². The highest BCUT2D eigenvalue weighted by Gasteiger charge is 2.55. The minimum absolute atomic E-state index is 0.251. The number of imide groups is 1. The van der Waals surface area contributed by atoms with E-state index in [1.165, 1.54) is 0 Å². The molecule has 1 aromatic rings. The van der Waals surface area contributed by atoms with Gasteiger partial charge in [0.05, 0.1) is 6.61 Å². The molecule has 9 nitrogen and oxygen atoms in total. The molecule has 0 unspecified atom stereocenters. The molecule has 2 aliphatic rings. The average Bonchev–Trinajstić information content (AvgIpc) is 2.78. The van der Waals surface area contributed by atoms with Crippen LogP contribution in [0.3, 0.4) is 0 Å². The van der Waals surface area contributed by atoms with E-state index in [1.54, 1.807) is 24.3 Å². The van der Waals surface area contributed by atoms with Gasteiger partial charge in [-0.15, -0.1) is 0 Å². The van der Waals surface area contributed by atoms with Crippen LogP contribution >= 0.6 is 0 Å². The van der Waals surface area contributed by atoms with Crippen LogP contribution in [-0.2, 0) is 24.7 Å². The molecule has 1 atom stereocenters. The second-order valence-electron chi connectivity index (χ2n) is 5.45. The summed E-state index contributed by atoms with van der Waals surface area (Å²) in [4.78, 5) is 48.1.